The lowest BCUT2D eigenvalue weighted by Crippen LogP contribution is -2.56. The zero-order valence-electron chi connectivity index (χ0n) is 26.7. The largest absolute Gasteiger partial charge is 0.455 e. The quantitative estimate of drug-likeness (QED) is 0.145. The number of aliphatic hydroxyl groups is 1. The highest BCUT2D eigenvalue weighted by Crippen LogP contribution is 2.59. The summed E-state index contributed by atoms with van der Waals surface area (Å²) >= 11 is 0. The summed E-state index contributed by atoms with van der Waals surface area (Å²) in [6, 6.07) is 7.75. The van der Waals surface area contributed by atoms with E-state index in [4.69, 9.17) is 9.47 Å². The van der Waals surface area contributed by atoms with E-state index in [0.29, 0.717) is 44.3 Å². The van der Waals surface area contributed by atoms with E-state index in [1.165, 1.54) is 4.90 Å². The third kappa shape index (κ3) is 7.17. The number of carbonyl (C=O) groups excluding carboxylic acids is 4. The number of hydrogen-bond acceptors (Lipinski definition) is 7. The standard InChI is InChI=1S/C35H49N3O7/c1-5-8-13-21-37(20-7-3)33(42)31-35-19-18-26(45-35)28(29(35)32(41)38(31)22-14-23-39)34(43)44-30(25-15-11-10-12-16-25)24(4)36-27(40)17-9-6-2/h6-7,10-12,15-16,24,26,28-31,39H,2-3,5,8-9,13-14,17-23H2,1,4H3,(H,36,40)/t24-,26-,28+,29+,30-,31-,35+/m0/s1. The Kier molecular flexibility index (Phi) is 12.0. The summed E-state index contributed by atoms with van der Waals surface area (Å²) in [7, 11) is 0. The molecule has 3 saturated heterocycles. The van der Waals surface area contributed by atoms with E-state index < -0.39 is 47.7 Å². The van der Waals surface area contributed by atoms with Crippen LogP contribution in [0.5, 0.6) is 0 Å². The molecule has 2 N–H and O–H groups in total. The molecule has 3 aliphatic heterocycles. The Bertz CT molecular complexity index is 1220. The number of likely N-dealkylation sites (tertiary alicyclic amines) is 1. The van der Waals surface area contributed by atoms with Crippen LogP contribution in [0.2, 0.25) is 0 Å². The van der Waals surface area contributed by atoms with Crippen LogP contribution in [0.4, 0.5) is 0 Å². The highest BCUT2D eigenvalue weighted by molar-refractivity contribution is 5.98. The lowest BCUT2D eigenvalue weighted by Gasteiger charge is -2.36. The first-order valence-electron chi connectivity index (χ1n) is 16.4. The number of amides is 3. The highest BCUT2D eigenvalue weighted by Gasteiger charge is 2.75. The Labute approximate surface area is 266 Å². The number of nitrogens with zero attached hydrogens (tertiary/aromatic N) is 2. The number of unbranched alkanes of at least 4 members (excludes halogenated alkanes) is 2. The van der Waals surface area contributed by atoms with Crippen LogP contribution in [0.25, 0.3) is 0 Å². The predicted molar refractivity (Wildman–Crippen MR) is 170 cm³/mol. The molecular weight excluding hydrogens is 574 g/mol. The zero-order chi connectivity index (χ0) is 32.6. The first kappa shape index (κ1) is 34.4. The van der Waals surface area contributed by atoms with Crippen molar-refractivity contribution in [3.63, 3.8) is 0 Å². The van der Waals surface area contributed by atoms with Crippen molar-refractivity contribution in [2.75, 3.05) is 26.2 Å². The van der Waals surface area contributed by atoms with Crippen LogP contribution in [0, 0.1) is 11.8 Å². The van der Waals surface area contributed by atoms with Crippen molar-refractivity contribution in [2.24, 2.45) is 11.8 Å². The van der Waals surface area contributed by atoms with E-state index >= 15 is 0 Å². The maximum absolute atomic E-state index is 14.3. The number of ether oxygens (including phenoxy) is 2. The lowest BCUT2D eigenvalue weighted by atomic mass is 9.70. The summed E-state index contributed by atoms with van der Waals surface area (Å²) in [5.41, 5.74) is -0.446. The van der Waals surface area contributed by atoms with Gasteiger partial charge >= 0.3 is 5.97 Å². The Balaban J connectivity index is 1.63. The van der Waals surface area contributed by atoms with Gasteiger partial charge in [0.1, 0.15) is 17.7 Å². The smallest absolute Gasteiger partial charge is 0.313 e. The van der Waals surface area contributed by atoms with E-state index in [-0.39, 0.29) is 37.3 Å². The van der Waals surface area contributed by atoms with E-state index in [1.54, 1.807) is 24.0 Å². The number of aliphatic hydroxyl groups excluding tert-OH is 1. The van der Waals surface area contributed by atoms with Crippen molar-refractivity contribution in [1.29, 1.82) is 0 Å². The fourth-order valence-corrected chi connectivity index (χ4v) is 7.29. The lowest BCUT2D eigenvalue weighted by molar-refractivity contribution is -0.162. The maximum Gasteiger partial charge on any atom is 0.313 e. The molecule has 2 bridgehead atoms. The molecule has 45 heavy (non-hydrogen) atoms. The van der Waals surface area contributed by atoms with E-state index in [9.17, 15) is 24.3 Å². The second kappa shape index (κ2) is 15.7. The van der Waals surface area contributed by atoms with Crippen LogP contribution >= 0.6 is 0 Å². The molecule has 1 aromatic carbocycles. The minimum Gasteiger partial charge on any atom is -0.455 e. The summed E-state index contributed by atoms with van der Waals surface area (Å²) in [6.07, 6.45) is 6.86. The van der Waals surface area contributed by atoms with Crippen molar-refractivity contribution < 1.29 is 33.8 Å². The molecule has 7 atom stereocenters. The summed E-state index contributed by atoms with van der Waals surface area (Å²) in [5.74, 6) is -3.08. The van der Waals surface area contributed by atoms with Gasteiger partial charge in [-0.25, -0.2) is 0 Å². The third-order valence-corrected chi connectivity index (χ3v) is 9.35. The topological polar surface area (TPSA) is 125 Å². The van der Waals surface area contributed by atoms with Gasteiger partial charge in [-0.3, -0.25) is 19.2 Å². The van der Waals surface area contributed by atoms with Crippen LogP contribution in [0.15, 0.2) is 55.6 Å². The van der Waals surface area contributed by atoms with E-state index in [2.05, 4.69) is 25.4 Å². The van der Waals surface area contributed by atoms with Crippen LogP contribution in [-0.2, 0) is 28.7 Å². The molecule has 1 spiro atoms. The molecule has 0 unspecified atom stereocenters. The molecule has 10 nitrogen and oxygen atoms in total. The van der Waals surface area contributed by atoms with Gasteiger partial charge in [0, 0.05) is 32.7 Å². The summed E-state index contributed by atoms with van der Waals surface area (Å²) in [5, 5.41) is 12.6. The number of rotatable bonds is 18. The molecule has 3 amide bonds. The average Bonchev–Trinajstić information content (AvgIpc) is 3.68. The highest BCUT2D eigenvalue weighted by atomic mass is 16.6. The minimum atomic E-state index is -1.16. The SMILES string of the molecule is C=CCCC(=O)N[C@@H](C)[C@H](OC(=O)[C@@H]1[C@@H]2CC[C@]3(O2)[C@H](C(=O)N(CC=C)CCCCC)N(CCCO)C(=O)[C@@H]13)c1ccccc1. The Morgan fingerprint density at radius 2 is 1.96 bits per heavy atom. The number of hydrogen-bond donors (Lipinski definition) is 2. The van der Waals surface area contributed by atoms with Crippen molar-refractivity contribution in [3.05, 3.63) is 61.2 Å². The van der Waals surface area contributed by atoms with Crippen LogP contribution in [-0.4, -0.2) is 88.6 Å². The summed E-state index contributed by atoms with van der Waals surface area (Å²) < 4.78 is 12.7. The van der Waals surface area contributed by atoms with Gasteiger partial charge in [-0.2, -0.15) is 0 Å². The number of benzene rings is 1. The number of esters is 1. The van der Waals surface area contributed by atoms with Gasteiger partial charge in [0.15, 0.2) is 0 Å². The monoisotopic (exact) mass is 623 g/mol. The van der Waals surface area contributed by atoms with Crippen LogP contribution < -0.4 is 5.32 Å². The van der Waals surface area contributed by atoms with Crippen molar-refractivity contribution in [1.82, 2.24) is 15.1 Å². The normalized spacial score (nSPS) is 26.2. The summed E-state index contributed by atoms with van der Waals surface area (Å²) in [6.45, 7) is 12.3. The Morgan fingerprint density at radius 3 is 2.62 bits per heavy atom. The van der Waals surface area contributed by atoms with Crippen molar-refractivity contribution in [3.8, 4) is 0 Å². The third-order valence-electron chi connectivity index (χ3n) is 9.35. The van der Waals surface area contributed by atoms with E-state index in [0.717, 1.165) is 19.3 Å². The number of fused-ring (bicyclic) bond motifs is 1. The van der Waals surface area contributed by atoms with Gasteiger partial charge in [0.2, 0.25) is 17.7 Å². The fourth-order valence-electron chi connectivity index (χ4n) is 7.29. The molecule has 1 aromatic rings. The molecule has 3 heterocycles. The predicted octanol–water partition coefficient (Wildman–Crippen LogP) is 3.70. The first-order valence-corrected chi connectivity index (χ1v) is 16.4. The minimum absolute atomic E-state index is 0.140. The number of carbonyl (C=O) groups is 4. The second-order valence-corrected chi connectivity index (χ2v) is 12.4. The maximum atomic E-state index is 14.3. The number of allylic oxidation sites excluding steroid dienone is 1. The van der Waals surface area contributed by atoms with Gasteiger partial charge in [-0.15, -0.1) is 13.2 Å². The molecule has 4 rings (SSSR count). The van der Waals surface area contributed by atoms with Gasteiger partial charge < -0.3 is 29.7 Å². The second-order valence-electron chi connectivity index (χ2n) is 12.4. The van der Waals surface area contributed by atoms with Crippen molar-refractivity contribution in [2.45, 2.75) is 95.1 Å². The average molecular weight is 624 g/mol. The van der Waals surface area contributed by atoms with Gasteiger partial charge in [0.05, 0.1) is 24.0 Å². The van der Waals surface area contributed by atoms with E-state index in [1.807, 2.05) is 30.3 Å². The zero-order valence-corrected chi connectivity index (χ0v) is 26.7. The molecular formula is C35H49N3O7. The summed E-state index contributed by atoms with van der Waals surface area (Å²) in [4.78, 5) is 58.4. The van der Waals surface area contributed by atoms with Crippen LogP contribution in [0.3, 0.4) is 0 Å². The first-order chi connectivity index (χ1) is 21.7. The molecule has 0 aliphatic carbocycles. The Morgan fingerprint density at radius 1 is 1.20 bits per heavy atom. The van der Waals surface area contributed by atoms with Crippen molar-refractivity contribution >= 4 is 23.7 Å². The molecule has 3 fully saturated rings. The molecule has 0 aromatic heterocycles. The molecule has 10 heteroatoms. The van der Waals surface area contributed by atoms with Gasteiger partial charge in [-0.1, -0.05) is 62.2 Å². The molecule has 0 radical (unpaired) electrons. The van der Waals surface area contributed by atoms with Gasteiger partial charge in [-0.05, 0) is 44.6 Å². The molecule has 246 valence electrons. The Hall–Kier alpha value is -3.50. The van der Waals surface area contributed by atoms with Gasteiger partial charge in [0.25, 0.3) is 0 Å². The number of nitrogens with one attached hydrogen (secondary N) is 1. The van der Waals surface area contributed by atoms with Crippen LogP contribution in [0.1, 0.15) is 76.9 Å². The molecule has 3 aliphatic rings. The fraction of sp³-hybridized carbons (Fsp3) is 0.600. The molecule has 0 saturated carbocycles.